The molecule has 1 aliphatic rings. The Hall–Kier alpha value is -1.80. The second-order valence-electron chi connectivity index (χ2n) is 7.24. The van der Waals surface area contributed by atoms with Gasteiger partial charge in [-0.15, -0.1) is 0 Å². The summed E-state index contributed by atoms with van der Waals surface area (Å²) >= 11 is 0. The predicted molar refractivity (Wildman–Crippen MR) is 96.3 cm³/mol. The first-order valence-electron chi connectivity index (χ1n) is 8.47. The van der Waals surface area contributed by atoms with Crippen LogP contribution in [0.15, 0.2) is 42.5 Å². The molecule has 0 bridgehead atoms. The minimum atomic E-state index is 0.142. The Kier molecular flexibility index (Phi) is 4.45. The van der Waals surface area contributed by atoms with Gasteiger partial charge < -0.3 is 10.1 Å². The maximum Gasteiger partial charge on any atom is 0.119 e. The summed E-state index contributed by atoms with van der Waals surface area (Å²) in [5, 5.41) is 3.75. The molecule has 0 spiro atoms. The summed E-state index contributed by atoms with van der Waals surface area (Å²) < 4.78 is 5.43. The third-order valence-corrected chi connectivity index (χ3v) is 5.12. The highest BCUT2D eigenvalue weighted by Gasteiger charge is 2.32. The number of benzene rings is 2. The third kappa shape index (κ3) is 3.28. The van der Waals surface area contributed by atoms with Crippen LogP contribution in [0, 0.1) is 6.92 Å². The third-order valence-electron chi connectivity index (χ3n) is 5.12. The Labute approximate surface area is 139 Å². The van der Waals surface area contributed by atoms with E-state index in [2.05, 4.69) is 68.6 Å². The smallest absolute Gasteiger partial charge is 0.119 e. The number of hydrogen-bond acceptors (Lipinski definition) is 2. The van der Waals surface area contributed by atoms with Crippen molar-refractivity contribution in [1.29, 1.82) is 0 Å². The molecule has 2 heteroatoms. The Bertz CT molecular complexity index is 690. The summed E-state index contributed by atoms with van der Waals surface area (Å²) in [7, 11) is 1.74. The van der Waals surface area contributed by atoms with Crippen molar-refractivity contribution in [3.8, 4) is 5.75 Å². The number of methoxy groups -OCH3 is 1. The highest BCUT2D eigenvalue weighted by atomic mass is 16.5. The topological polar surface area (TPSA) is 21.3 Å². The van der Waals surface area contributed by atoms with Gasteiger partial charge in [-0.3, -0.25) is 0 Å². The Morgan fingerprint density at radius 3 is 2.70 bits per heavy atom. The van der Waals surface area contributed by atoms with Crippen LogP contribution in [0.5, 0.6) is 5.75 Å². The average Bonchev–Trinajstić information content (AvgIpc) is 2.55. The number of fused-ring (bicyclic) bond motifs is 1. The lowest BCUT2D eigenvalue weighted by Crippen LogP contribution is -2.42. The maximum absolute atomic E-state index is 5.43. The highest BCUT2D eigenvalue weighted by Crippen LogP contribution is 2.38. The molecule has 122 valence electrons. The van der Waals surface area contributed by atoms with Gasteiger partial charge in [0, 0.05) is 18.0 Å². The molecule has 0 aliphatic carbocycles. The van der Waals surface area contributed by atoms with E-state index in [0.717, 1.165) is 25.1 Å². The minimum Gasteiger partial charge on any atom is -0.497 e. The van der Waals surface area contributed by atoms with Crippen molar-refractivity contribution >= 4 is 0 Å². The molecule has 0 saturated carbocycles. The SMILES string of the molecule is COc1ccc2c(c1)C(C)(C)CNC2CCc1ccccc1C. The van der Waals surface area contributed by atoms with Crippen LogP contribution in [0.4, 0.5) is 0 Å². The average molecular weight is 309 g/mol. The molecule has 3 rings (SSSR count). The van der Waals surface area contributed by atoms with Gasteiger partial charge >= 0.3 is 0 Å². The van der Waals surface area contributed by atoms with Crippen LogP contribution in [-0.4, -0.2) is 13.7 Å². The molecule has 1 unspecified atom stereocenters. The fraction of sp³-hybridized carbons (Fsp3) is 0.429. The van der Waals surface area contributed by atoms with E-state index < -0.39 is 0 Å². The van der Waals surface area contributed by atoms with Crippen molar-refractivity contribution in [2.75, 3.05) is 13.7 Å². The number of hydrogen-bond donors (Lipinski definition) is 1. The molecule has 1 aliphatic heterocycles. The summed E-state index contributed by atoms with van der Waals surface area (Å²) in [6.45, 7) is 7.81. The van der Waals surface area contributed by atoms with Crippen LogP contribution < -0.4 is 10.1 Å². The lowest BCUT2D eigenvalue weighted by atomic mass is 9.75. The summed E-state index contributed by atoms with van der Waals surface area (Å²) in [4.78, 5) is 0. The Morgan fingerprint density at radius 1 is 1.17 bits per heavy atom. The molecule has 2 nitrogen and oxygen atoms in total. The number of rotatable bonds is 4. The van der Waals surface area contributed by atoms with Crippen LogP contribution in [0.3, 0.4) is 0 Å². The molecule has 1 heterocycles. The zero-order chi connectivity index (χ0) is 16.4. The van der Waals surface area contributed by atoms with Gasteiger partial charge in [-0.25, -0.2) is 0 Å². The minimum absolute atomic E-state index is 0.142. The number of aryl methyl sites for hydroxylation is 2. The van der Waals surface area contributed by atoms with Gasteiger partial charge in [0.25, 0.3) is 0 Å². The number of nitrogens with one attached hydrogen (secondary N) is 1. The number of ether oxygens (including phenoxy) is 1. The Morgan fingerprint density at radius 2 is 1.96 bits per heavy atom. The largest absolute Gasteiger partial charge is 0.497 e. The van der Waals surface area contributed by atoms with Crippen molar-refractivity contribution in [3.63, 3.8) is 0 Å². The molecule has 23 heavy (non-hydrogen) atoms. The summed E-state index contributed by atoms with van der Waals surface area (Å²) in [5.41, 5.74) is 5.83. The molecule has 0 radical (unpaired) electrons. The first kappa shape index (κ1) is 16.1. The van der Waals surface area contributed by atoms with E-state index in [-0.39, 0.29) is 5.41 Å². The van der Waals surface area contributed by atoms with Crippen LogP contribution in [-0.2, 0) is 11.8 Å². The Balaban J connectivity index is 1.84. The molecule has 0 amide bonds. The lowest BCUT2D eigenvalue weighted by molar-refractivity contribution is 0.363. The molecule has 2 aromatic rings. The van der Waals surface area contributed by atoms with Crippen molar-refractivity contribution in [3.05, 3.63) is 64.7 Å². The zero-order valence-corrected chi connectivity index (χ0v) is 14.6. The first-order valence-corrected chi connectivity index (χ1v) is 8.47. The van der Waals surface area contributed by atoms with Crippen molar-refractivity contribution in [2.24, 2.45) is 0 Å². The zero-order valence-electron chi connectivity index (χ0n) is 14.6. The van der Waals surface area contributed by atoms with E-state index in [4.69, 9.17) is 4.74 Å². The lowest BCUT2D eigenvalue weighted by Gasteiger charge is -2.38. The highest BCUT2D eigenvalue weighted by molar-refractivity contribution is 5.44. The monoisotopic (exact) mass is 309 g/mol. The van der Waals surface area contributed by atoms with Gasteiger partial charge in [0.15, 0.2) is 0 Å². The molecular formula is C21H27NO. The van der Waals surface area contributed by atoms with Gasteiger partial charge in [-0.2, -0.15) is 0 Å². The standard InChI is InChI=1S/C21H27NO/c1-15-7-5-6-8-16(15)9-12-20-18-11-10-17(23-4)13-19(18)21(2,3)14-22-20/h5-8,10-11,13,20,22H,9,12,14H2,1-4H3. The molecule has 2 aromatic carbocycles. The van der Waals surface area contributed by atoms with Crippen molar-refractivity contribution in [1.82, 2.24) is 5.32 Å². The second kappa shape index (κ2) is 6.37. The summed E-state index contributed by atoms with van der Waals surface area (Å²) in [6.07, 6.45) is 2.23. The van der Waals surface area contributed by atoms with Gasteiger partial charge in [-0.1, -0.05) is 44.2 Å². The normalized spacial score (nSPS) is 19.2. The van der Waals surface area contributed by atoms with E-state index in [1.54, 1.807) is 7.11 Å². The predicted octanol–water partition coefficient (Wildman–Crippen LogP) is 4.56. The van der Waals surface area contributed by atoms with Gasteiger partial charge in [0.2, 0.25) is 0 Å². The van der Waals surface area contributed by atoms with Gasteiger partial charge in [0.05, 0.1) is 7.11 Å². The maximum atomic E-state index is 5.43. The van der Waals surface area contributed by atoms with E-state index >= 15 is 0 Å². The quantitative estimate of drug-likeness (QED) is 0.894. The first-order chi connectivity index (χ1) is 11.0. The van der Waals surface area contributed by atoms with Gasteiger partial charge in [0.1, 0.15) is 5.75 Å². The van der Waals surface area contributed by atoms with E-state index in [1.807, 2.05) is 0 Å². The molecule has 0 fully saturated rings. The summed E-state index contributed by atoms with van der Waals surface area (Å²) in [6, 6.07) is 15.7. The van der Waals surface area contributed by atoms with Crippen molar-refractivity contribution < 1.29 is 4.74 Å². The molecule has 1 N–H and O–H groups in total. The van der Waals surface area contributed by atoms with E-state index in [9.17, 15) is 0 Å². The van der Waals surface area contributed by atoms with E-state index in [1.165, 1.54) is 22.3 Å². The van der Waals surface area contributed by atoms with Crippen LogP contribution in [0.2, 0.25) is 0 Å². The fourth-order valence-electron chi connectivity index (χ4n) is 3.58. The van der Waals surface area contributed by atoms with Crippen LogP contribution in [0.1, 0.15) is 48.6 Å². The van der Waals surface area contributed by atoms with Crippen LogP contribution >= 0.6 is 0 Å². The molecule has 1 atom stereocenters. The van der Waals surface area contributed by atoms with E-state index in [0.29, 0.717) is 6.04 Å². The molecular weight excluding hydrogens is 282 g/mol. The molecule has 0 aromatic heterocycles. The summed E-state index contributed by atoms with van der Waals surface area (Å²) in [5.74, 6) is 0.955. The van der Waals surface area contributed by atoms with Crippen LogP contribution in [0.25, 0.3) is 0 Å². The van der Waals surface area contributed by atoms with Gasteiger partial charge in [-0.05, 0) is 54.2 Å². The van der Waals surface area contributed by atoms with Crippen molar-refractivity contribution in [2.45, 2.75) is 45.1 Å². The second-order valence-corrected chi connectivity index (χ2v) is 7.24. The molecule has 0 saturated heterocycles. The fourth-order valence-corrected chi connectivity index (χ4v) is 3.58.